The van der Waals surface area contributed by atoms with Crippen molar-refractivity contribution in [2.45, 2.75) is 36.5 Å². The number of nitrogens with zero attached hydrogens (tertiary/aromatic N) is 3. The van der Waals surface area contributed by atoms with Gasteiger partial charge in [-0.1, -0.05) is 12.1 Å². The van der Waals surface area contributed by atoms with Crippen LogP contribution in [0.15, 0.2) is 30.6 Å². The summed E-state index contributed by atoms with van der Waals surface area (Å²) < 4.78 is 41.7. The van der Waals surface area contributed by atoms with Crippen LogP contribution in [0.5, 0.6) is 0 Å². The van der Waals surface area contributed by atoms with Gasteiger partial charge in [0.05, 0.1) is 17.8 Å². The molecule has 1 aromatic carbocycles. The van der Waals surface area contributed by atoms with Crippen molar-refractivity contribution >= 4 is 17.8 Å². The highest BCUT2D eigenvalue weighted by Gasteiger charge is 2.74. The third-order valence-electron chi connectivity index (χ3n) is 5.89. The number of aromatic nitrogens is 2. The van der Waals surface area contributed by atoms with E-state index in [1.165, 1.54) is 0 Å². The predicted molar refractivity (Wildman–Crippen MR) is 96.2 cm³/mol. The largest absolute Gasteiger partial charge is 0.328 e. The fourth-order valence-electron chi connectivity index (χ4n) is 4.11. The molecule has 0 bridgehead atoms. The van der Waals surface area contributed by atoms with Crippen molar-refractivity contribution in [3.05, 3.63) is 53.1 Å². The number of amides is 2. The summed E-state index contributed by atoms with van der Waals surface area (Å²) in [5.74, 6) is -4.40. The average molecular weight is 402 g/mol. The minimum atomic E-state index is -2.92. The van der Waals surface area contributed by atoms with Gasteiger partial charge in [0.1, 0.15) is 6.54 Å². The highest BCUT2D eigenvalue weighted by molar-refractivity contribution is 6.01. The van der Waals surface area contributed by atoms with Crippen molar-refractivity contribution in [3.63, 3.8) is 0 Å². The zero-order valence-electron chi connectivity index (χ0n) is 15.3. The fourth-order valence-corrected chi connectivity index (χ4v) is 4.11. The summed E-state index contributed by atoms with van der Waals surface area (Å²) in [4.78, 5) is 33.6. The molecule has 1 N–H and O–H groups in total. The van der Waals surface area contributed by atoms with E-state index in [4.69, 9.17) is 0 Å². The molecule has 2 aliphatic carbocycles. The van der Waals surface area contributed by atoms with E-state index in [1.54, 1.807) is 12.1 Å². The second-order valence-electron chi connectivity index (χ2n) is 7.98. The monoisotopic (exact) mass is 402 g/mol. The Morgan fingerprint density at radius 2 is 1.93 bits per heavy atom. The van der Waals surface area contributed by atoms with Crippen LogP contribution in [0.3, 0.4) is 0 Å². The first-order valence-corrected chi connectivity index (χ1v) is 9.38. The molecule has 5 rings (SSSR count). The Morgan fingerprint density at radius 1 is 1.24 bits per heavy atom. The van der Waals surface area contributed by atoms with Gasteiger partial charge < -0.3 is 4.90 Å². The van der Waals surface area contributed by atoms with E-state index in [0.717, 1.165) is 35.7 Å². The molecule has 29 heavy (non-hydrogen) atoms. The predicted octanol–water partition coefficient (Wildman–Crippen LogP) is 2.86. The number of anilines is 1. The minimum Gasteiger partial charge on any atom is -0.328 e. The molecular weight excluding hydrogens is 385 g/mol. The van der Waals surface area contributed by atoms with Gasteiger partial charge in [-0.2, -0.15) is 0 Å². The Kier molecular flexibility index (Phi) is 3.75. The van der Waals surface area contributed by atoms with Crippen LogP contribution in [0.2, 0.25) is 0 Å². The van der Waals surface area contributed by atoms with E-state index < -0.39 is 35.5 Å². The summed E-state index contributed by atoms with van der Waals surface area (Å²) in [5, 5.41) is 2.35. The molecule has 9 heteroatoms. The van der Waals surface area contributed by atoms with Crippen LogP contribution in [-0.2, 0) is 10.2 Å². The lowest BCUT2D eigenvalue weighted by atomic mass is 9.84. The lowest BCUT2D eigenvalue weighted by molar-refractivity contribution is -0.117. The van der Waals surface area contributed by atoms with Gasteiger partial charge in [0.25, 0.3) is 11.8 Å². The number of hydrogen-bond acceptors (Lipinski definition) is 4. The van der Waals surface area contributed by atoms with Gasteiger partial charge in [-0.3, -0.25) is 14.9 Å². The van der Waals surface area contributed by atoms with Gasteiger partial charge in [0, 0.05) is 18.5 Å². The number of hydrogen-bond donors (Lipinski definition) is 1. The first-order valence-electron chi connectivity index (χ1n) is 9.38. The van der Waals surface area contributed by atoms with Crippen LogP contribution in [0.25, 0.3) is 0 Å². The van der Waals surface area contributed by atoms with E-state index in [-0.39, 0.29) is 24.5 Å². The zero-order chi connectivity index (χ0) is 20.4. The highest BCUT2D eigenvalue weighted by Crippen LogP contribution is 2.64. The lowest BCUT2D eigenvalue weighted by Gasteiger charge is -2.34. The molecule has 2 amide bonds. The van der Waals surface area contributed by atoms with Gasteiger partial charge in [0.15, 0.2) is 5.82 Å². The molecule has 1 aliphatic heterocycles. The van der Waals surface area contributed by atoms with Gasteiger partial charge in [0.2, 0.25) is 11.9 Å². The van der Waals surface area contributed by atoms with Crippen LogP contribution in [0, 0.1) is 5.82 Å². The maximum absolute atomic E-state index is 14.4. The summed E-state index contributed by atoms with van der Waals surface area (Å²) in [6.07, 6.45) is 3.51. The van der Waals surface area contributed by atoms with E-state index in [1.807, 2.05) is 6.07 Å². The number of carbonyl (C=O) groups is 2. The number of rotatable bonds is 4. The standard InChI is InChI=1S/C20H17F3N4O2/c21-13-6-24-18(25-7-13)26-16(28)8-27-10-19(9-20(19,22)23)15-5-12(11-1-2-11)3-4-14(15)17(27)29/h3-7,11H,1-2,8-10H2,(H,24,25,26,28). The van der Waals surface area contributed by atoms with Crippen molar-refractivity contribution in [1.82, 2.24) is 14.9 Å². The Labute approximate surface area is 164 Å². The van der Waals surface area contributed by atoms with Crippen molar-refractivity contribution in [2.75, 3.05) is 18.4 Å². The number of alkyl halides is 2. The van der Waals surface area contributed by atoms with Crippen molar-refractivity contribution in [3.8, 4) is 0 Å². The molecule has 2 fully saturated rings. The Morgan fingerprint density at radius 3 is 2.55 bits per heavy atom. The van der Waals surface area contributed by atoms with Crippen molar-refractivity contribution < 1.29 is 22.8 Å². The topological polar surface area (TPSA) is 75.2 Å². The molecule has 2 aromatic rings. The summed E-state index contributed by atoms with van der Waals surface area (Å²) in [5.41, 5.74) is 0.186. The molecule has 6 nitrogen and oxygen atoms in total. The maximum Gasteiger partial charge on any atom is 0.260 e. The number of fused-ring (bicyclic) bond motifs is 2. The Hall–Kier alpha value is -2.97. The quantitative estimate of drug-likeness (QED) is 0.854. The van der Waals surface area contributed by atoms with E-state index in [2.05, 4.69) is 15.3 Å². The molecule has 150 valence electrons. The van der Waals surface area contributed by atoms with Crippen LogP contribution in [-0.4, -0.2) is 45.7 Å². The molecule has 0 saturated heterocycles. The highest BCUT2D eigenvalue weighted by atomic mass is 19.3. The van der Waals surface area contributed by atoms with E-state index in [9.17, 15) is 22.8 Å². The van der Waals surface area contributed by atoms with Gasteiger partial charge in [-0.15, -0.1) is 0 Å². The third-order valence-corrected chi connectivity index (χ3v) is 5.89. The van der Waals surface area contributed by atoms with Crippen molar-refractivity contribution in [2.24, 2.45) is 0 Å². The fraction of sp³-hybridized carbons (Fsp3) is 0.400. The van der Waals surface area contributed by atoms with Crippen LogP contribution < -0.4 is 5.32 Å². The first kappa shape index (κ1) is 18.1. The smallest absolute Gasteiger partial charge is 0.260 e. The number of carbonyl (C=O) groups excluding carboxylic acids is 2. The molecule has 1 atom stereocenters. The molecule has 1 unspecified atom stereocenters. The second kappa shape index (κ2) is 6.01. The lowest BCUT2D eigenvalue weighted by Crippen LogP contribution is -2.48. The Balaban J connectivity index is 1.40. The minimum absolute atomic E-state index is 0.123. The molecular formula is C20H17F3N4O2. The number of halogens is 3. The van der Waals surface area contributed by atoms with E-state index >= 15 is 0 Å². The molecule has 1 spiro atoms. The molecule has 3 aliphatic rings. The van der Waals surface area contributed by atoms with Crippen LogP contribution >= 0.6 is 0 Å². The zero-order valence-corrected chi connectivity index (χ0v) is 15.3. The summed E-state index contributed by atoms with van der Waals surface area (Å²) in [7, 11) is 0. The van der Waals surface area contributed by atoms with Crippen LogP contribution in [0.4, 0.5) is 19.1 Å². The normalized spacial score (nSPS) is 24.4. The maximum atomic E-state index is 14.4. The van der Waals surface area contributed by atoms with Gasteiger partial charge in [-0.05, 0) is 36.0 Å². The number of nitrogens with one attached hydrogen (secondary N) is 1. The first-order chi connectivity index (χ1) is 13.8. The summed E-state index contributed by atoms with van der Waals surface area (Å²) in [6.45, 7) is -0.640. The Bertz CT molecular complexity index is 1020. The van der Waals surface area contributed by atoms with Crippen LogP contribution in [0.1, 0.15) is 46.7 Å². The SMILES string of the molecule is O=C(CN1CC2(CC2(F)F)c2cc(C3CC3)ccc2C1=O)Nc1ncc(F)cn1. The summed E-state index contributed by atoms with van der Waals surface area (Å²) >= 11 is 0. The van der Waals surface area contributed by atoms with E-state index in [0.29, 0.717) is 11.5 Å². The summed E-state index contributed by atoms with van der Waals surface area (Å²) in [6, 6.07) is 5.18. The molecule has 0 radical (unpaired) electrons. The van der Waals surface area contributed by atoms with Gasteiger partial charge in [-0.25, -0.2) is 23.1 Å². The molecule has 2 heterocycles. The second-order valence-corrected chi connectivity index (χ2v) is 7.98. The van der Waals surface area contributed by atoms with Crippen molar-refractivity contribution in [1.29, 1.82) is 0 Å². The molecule has 1 aromatic heterocycles. The van der Waals surface area contributed by atoms with Gasteiger partial charge >= 0.3 is 0 Å². The molecule has 2 saturated carbocycles. The number of benzene rings is 1. The third kappa shape index (κ3) is 2.95. The average Bonchev–Trinajstić information content (AvgIpc) is 3.59.